The summed E-state index contributed by atoms with van der Waals surface area (Å²) < 4.78 is 0. The zero-order valence-corrected chi connectivity index (χ0v) is 10.6. The number of aromatic nitrogens is 2. The third-order valence-electron chi connectivity index (χ3n) is 2.54. The van der Waals surface area contributed by atoms with Crippen molar-refractivity contribution in [1.82, 2.24) is 14.9 Å². The maximum atomic E-state index is 10.6. The molecule has 0 aliphatic heterocycles. The van der Waals surface area contributed by atoms with Gasteiger partial charge >= 0.3 is 0 Å². The Labute approximate surface area is 102 Å². The summed E-state index contributed by atoms with van der Waals surface area (Å²) in [6.07, 6.45) is 4.73. The molecule has 0 atom stereocenters. The zero-order valence-electron chi connectivity index (χ0n) is 10.6. The Hall–Kier alpha value is -1.49. The lowest BCUT2D eigenvalue weighted by atomic mass is 10.1. The first kappa shape index (κ1) is 13.6. The number of hydrogen-bond acceptors (Lipinski definition) is 4. The van der Waals surface area contributed by atoms with Crippen molar-refractivity contribution in [2.75, 3.05) is 13.1 Å². The van der Waals surface area contributed by atoms with Gasteiger partial charge < -0.3 is 10.0 Å². The molecule has 1 aromatic heterocycles. The van der Waals surface area contributed by atoms with Crippen LogP contribution in [0.3, 0.4) is 0 Å². The highest BCUT2D eigenvalue weighted by Gasteiger charge is 2.17. The normalized spacial score (nSPS) is 11.3. The molecular weight excluding hydrogens is 218 g/mol. The average molecular weight is 237 g/mol. The first-order valence-corrected chi connectivity index (χ1v) is 5.70. The Morgan fingerprint density at radius 2 is 2.12 bits per heavy atom. The van der Waals surface area contributed by atoms with Crippen LogP contribution < -0.4 is 0 Å². The third kappa shape index (κ3) is 4.11. The van der Waals surface area contributed by atoms with Crippen molar-refractivity contribution in [3.63, 3.8) is 0 Å². The standard InChI is InChI=1S/C12H19N3O2/c1-4-15(9-16)6-5-10-7-14-11(8-13-10)12(2,3)17/h7-9,17H,4-6H2,1-3H3. The lowest BCUT2D eigenvalue weighted by molar-refractivity contribution is -0.117. The highest BCUT2D eigenvalue weighted by molar-refractivity contribution is 5.46. The van der Waals surface area contributed by atoms with Crippen LogP contribution in [0.25, 0.3) is 0 Å². The molecule has 17 heavy (non-hydrogen) atoms. The van der Waals surface area contributed by atoms with E-state index in [0.29, 0.717) is 25.2 Å². The van der Waals surface area contributed by atoms with E-state index in [1.807, 2.05) is 6.92 Å². The van der Waals surface area contributed by atoms with Crippen molar-refractivity contribution in [2.24, 2.45) is 0 Å². The minimum Gasteiger partial charge on any atom is -0.384 e. The van der Waals surface area contributed by atoms with Crippen molar-refractivity contribution in [1.29, 1.82) is 0 Å². The molecule has 0 saturated heterocycles. The van der Waals surface area contributed by atoms with E-state index in [1.54, 1.807) is 31.1 Å². The highest BCUT2D eigenvalue weighted by atomic mass is 16.3. The smallest absolute Gasteiger partial charge is 0.209 e. The molecule has 0 bridgehead atoms. The van der Waals surface area contributed by atoms with Crippen molar-refractivity contribution in [2.45, 2.75) is 32.8 Å². The molecule has 94 valence electrons. The van der Waals surface area contributed by atoms with Crippen molar-refractivity contribution in [3.8, 4) is 0 Å². The quantitative estimate of drug-likeness (QED) is 0.740. The van der Waals surface area contributed by atoms with Crippen LogP contribution in [0.15, 0.2) is 12.4 Å². The summed E-state index contributed by atoms with van der Waals surface area (Å²) >= 11 is 0. The summed E-state index contributed by atoms with van der Waals surface area (Å²) in [5.41, 5.74) is 0.395. The van der Waals surface area contributed by atoms with E-state index in [4.69, 9.17) is 0 Å². The third-order valence-corrected chi connectivity index (χ3v) is 2.54. The molecule has 1 N–H and O–H groups in total. The average Bonchev–Trinajstić information content (AvgIpc) is 2.30. The molecule has 5 heteroatoms. The second-order valence-electron chi connectivity index (χ2n) is 4.44. The number of rotatable bonds is 6. The molecule has 0 radical (unpaired) electrons. The Kier molecular flexibility index (Phi) is 4.57. The molecule has 1 amide bonds. The first-order chi connectivity index (χ1) is 7.97. The van der Waals surface area contributed by atoms with E-state index in [9.17, 15) is 9.90 Å². The Morgan fingerprint density at radius 1 is 1.41 bits per heavy atom. The molecule has 5 nitrogen and oxygen atoms in total. The Bertz CT molecular complexity index is 357. The second-order valence-corrected chi connectivity index (χ2v) is 4.44. The van der Waals surface area contributed by atoms with Gasteiger partial charge in [0.1, 0.15) is 5.60 Å². The number of hydrogen-bond donors (Lipinski definition) is 1. The lowest BCUT2D eigenvalue weighted by Gasteiger charge is -2.16. The van der Waals surface area contributed by atoms with Crippen molar-refractivity contribution in [3.05, 3.63) is 23.8 Å². The predicted molar refractivity (Wildman–Crippen MR) is 64.3 cm³/mol. The Morgan fingerprint density at radius 3 is 2.53 bits per heavy atom. The predicted octanol–water partition coefficient (Wildman–Crippen LogP) is 0.725. The van der Waals surface area contributed by atoms with Crippen LogP contribution in [0.1, 0.15) is 32.2 Å². The summed E-state index contributed by atoms with van der Waals surface area (Å²) in [5, 5.41) is 9.72. The van der Waals surface area contributed by atoms with Gasteiger partial charge in [-0.2, -0.15) is 0 Å². The Balaban J connectivity index is 2.60. The summed E-state index contributed by atoms with van der Waals surface area (Å²) in [5.74, 6) is 0. The SMILES string of the molecule is CCN(C=O)CCc1cnc(C(C)(C)O)cn1. The van der Waals surface area contributed by atoms with E-state index < -0.39 is 5.60 Å². The molecule has 0 aliphatic rings. The molecule has 0 aromatic carbocycles. The van der Waals surface area contributed by atoms with Crippen LogP contribution >= 0.6 is 0 Å². The molecule has 1 rings (SSSR count). The maximum Gasteiger partial charge on any atom is 0.209 e. The van der Waals surface area contributed by atoms with Crippen LogP contribution in [-0.2, 0) is 16.8 Å². The van der Waals surface area contributed by atoms with Gasteiger partial charge in [0.15, 0.2) is 0 Å². The van der Waals surface area contributed by atoms with Gasteiger partial charge in [-0.3, -0.25) is 14.8 Å². The number of carbonyl (C=O) groups is 1. The van der Waals surface area contributed by atoms with Gasteiger partial charge in [-0.05, 0) is 20.8 Å². The van der Waals surface area contributed by atoms with Crippen LogP contribution in [-0.4, -0.2) is 39.5 Å². The minimum absolute atomic E-state index is 0.545. The highest BCUT2D eigenvalue weighted by Crippen LogP contribution is 2.15. The first-order valence-electron chi connectivity index (χ1n) is 5.70. The second kappa shape index (κ2) is 5.72. The van der Waals surface area contributed by atoms with Crippen LogP contribution in [0, 0.1) is 0 Å². The maximum absolute atomic E-state index is 10.6. The molecule has 0 spiro atoms. The summed E-state index contributed by atoms with van der Waals surface area (Å²) in [7, 11) is 0. The number of carbonyl (C=O) groups excluding carboxylic acids is 1. The largest absolute Gasteiger partial charge is 0.384 e. The number of aliphatic hydroxyl groups is 1. The van der Waals surface area contributed by atoms with Gasteiger partial charge in [0.25, 0.3) is 0 Å². The van der Waals surface area contributed by atoms with E-state index in [2.05, 4.69) is 9.97 Å². The topological polar surface area (TPSA) is 66.3 Å². The van der Waals surface area contributed by atoms with Gasteiger partial charge in [-0.1, -0.05) is 0 Å². The van der Waals surface area contributed by atoms with Crippen molar-refractivity contribution < 1.29 is 9.90 Å². The fourth-order valence-corrected chi connectivity index (χ4v) is 1.34. The van der Waals surface area contributed by atoms with Crippen molar-refractivity contribution >= 4 is 6.41 Å². The van der Waals surface area contributed by atoms with Gasteiger partial charge in [0.2, 0.25) is 6.41 Å². The molecule has 1 heterocycles. The summed E-state index contributed by atoms with van der Waals surface area (Å²) in [6, 6.07) is 0. The number of amides is 1. The lowest BCUT2D eigenvalue weighted by Crippen LogP contribution is -2.24. The van der Waals surface area contributed by atoms with Gasteiger partial charge in [-0.25, -0.2) is 0 Å². The molecule has 1 aromatic rings. The van der Waals surface area contributed by atoms with Crippen LogP contribution in [0.4, 0.5) is 0 Å². The van der Waals surface area contributed by atoms with E-state index in [0.717, 1.165) is 12.1 Å². The molecular formula is C12H19N3O2. The fourth-order valence-electron chi connectivity index (χ4n) is 1.34. The molecule has 0 unspecified atom stereocenters. The summed E-state index contributed by atoms with van der Waals surface area (Å²) in [4.78, 5) is 20.7. The van der Waals surface area contributed by atoms with E-state index >= 15 is 0 Å². The van der Waals surface area contributed by atoms with E-state index in [1.165, 1.54) is 0 Å². The molecule has 0 saturated carbocycles. The van der Waals surface area contributed by atoms with Gasteiger partial charge in [-0.15, -0.1) is 0 Å². The summed E-state index contributed by atoms with van der Waals surface area (Å²) in [6.45, 7) is 6.59. The zero-order chi connectivity index (χ0) is 12.9. The molecule has 0 aliphatic carbocycles. The molecule has 0 fully saturated rings. The fraction of sp³-hybridized carbons (Fsp3) is 0.583. The van der Waals surface area contributed by atoms with Gasteiger partial charge in [0, 0.05) is 25.7 Å². The minimum atomic E-state index is -0.968. The van der Waals surface area contributed by atoms with Crippen LogP contribution in [0.2, 0.25) is 0 Å². The van der Waals surface area contributed by atoms with Gasteiger partial charge in [0.05, 0.1) is 17.6 Å². The monoisotopic (exact) mass is 237 g/mol. The van der Waals surface area contributed by atoms with Crippen LogP contribution in [0.5, 0.6) is 0 Å². The van der Waals surface area contributed by atoms with E-state index in [-0.39, 0.29) is 0 Å². The number of nitrogens with zero attached hydrogens (tertiary/aromatic N) is 3. The number of likely N-dealkylation sites (N-methyl/N-ethyl adjacent to an activating group) is 1.